The molecule has 3 heteroatoms. The molecule has 0 saturated carbocycles. The van der Waals surface area contributed by atoms with Gasteiger partial charge in [0.1, 0.15) is 5.75 Å². The summed E-state index contributed by atoms with van der Waals surface area (Å²) in [7, 11) is 0. The van der Waals surface area contributed by atoms with Gasteiger partial charge in [0.05, 0.1) is 6.61 Å². The molecule has 0 N–H and O–H groups in total. The molecule has 0 aliphatic carbocycles. The third-order valence-corrected chi connectivity index (χ3v) is 3.58. The molecule has 0 aromatic heterocycles. The first-order valence-electron chi connectivity index (χ1n) is 8.17. The van der Waals surface area contributed by atoms with Crippen LogP contribution in [0.5, 0.6) is 5.75 Å². The summed E-state index contributed by atoms with van der Waals surface area (Å²) < 4.78 is 10.4. The molecular weight excluding hydrogens is 264 g/mol. The smallest absolute Gasteiger partial charge is 0.434 e. The standard InChI is InChI=1S/C18H28O3/c1-4-7-8-9-10-13-20-18(19)21-17-12-11-15(5-2)14-16(17)6-3/h11-12,14H,4-10,13H2,1-3H3. The van der Waals surface area contributed by atoms with Gasteiger partial charge in [-0.1, -0.05) is 58.6 Å². The summed E-state index contributed by atoms with van der Waals surface area (Å²) in [5.74, 6) is 0.616. The first-order valence-corrected chi connectivity index (χ1v) is 8.17. The van der Waals surface area contributed by atoms with E-state index in [4.69, 9.17) is 9.47 Å². The van der Waals surface area contributed by atoms with Gasteiger partial charge >= 0.3 is 6.16 Å². The Balaban J connectivity index is 2.37. The summed E-state index contributed by atoms with van der Waals surface area (Å²) in [4.78, 5) is 11.7. The number of rotatable bonds is 9. The zero-order valence-electron chi connectivity index (χ0n) is 13.6. The van der Waals surface area contributed by atoms with Gasteiger partial charge in [0.2, 0.25) is 0 Å². The molecule has 1 aromatic rings. The molecule has 0 atom stereocenters. The fourth-order valence-electron chi connectivity index (χ4n) is 2.21. The Morgan fingerprint density at radius 1 is 1.00 bits per heavy atom. The SMILES string of the molecule is CCCCCCCOC(=O)Oc1ccc(CC)cc1CC. The number of carbonyl (C=O) groups is 1. The van der Waals surface area contributed by atoms with Crippen molar-refractivity contribution >= 4 is 6.16 Å². The van der Waals surface area contributed by atoms with Gasteiger partial charge in [0.15, 0.2) is 0 Å². The van der Waals surface area contributed by atoms with Crippen LogP contribution in [0.1, 0.15) is 64.0 Å². The number of benzene rings is 1. The van der Waals surface area contributed by atoms with Crippen LogP contribution in [0.3, 0.4) is 0 Å². The number of hydrogen-bond donors (Lipinski definition) is 0. The van der Waals surface area contributed by atoms with Crippen LogP contribution in [0.4, 0.5) is 4.79 Å². The van der Waals surface area contributed by atoms with Crippen molar-refractivity contribution in [2.24, 2.45) is 0 Å². The molecule has 1 aromatic carbocycles. The molecule has 0 spiro atoms. The molecule has 118 valence electrons. The molecule has 0 fully saturated rings. The highest BCUT2D eigenvalue weighted by atomic mass is 16.7. The van der Waals surface area contributed by atoms with Gasteiger partial charge < -0.3 is 9.47 Å². The largest absolute Gasteiger partial charge is 0.513 e. The van der Waals surface area contributed by atoms with E-state index in [0.29, 0.717) is 12.4 Å². The van der Waals surface area contributed by atoms with E-state index in [-0.39, 0.29) is 0 Å². The van der Waals surface area contributed by atoms with Crippen LogP contribution in [-0.4, -0.2) is 12.8 Å². The third kappa shape index (κ3) is 6.65. The van der Waals surface area contributed by atoms with Crippen LogP contribution < -0.4 is 4.74 Å². The van der Waals surface area contributed by atoms with Crippen molar-refractivity contribution < 1.29 is 14.3 Å². The minimum Gasteiger partial charge on any atom is -0.434 e. The summed E-state index contributed by atoms with van der Waals surface area (Å²) >= 11 is 0. The molecule has 3 nitrogen and oxygen atoms in total. The summed E-state index contributed by atoms with van der Waals surface area (Å²) in [5.41, 5.74) is 2.30. The van der Waals surface area contributed by atoms with Crippen LogP contribution in [0.2, 0.25) is 0 Å². The lowest BCUT2D eigenvalue weighted by atomic mass is 10.1. The molecule has 21 heavy (non-hydrogen) atoms. The van der Waals surface area contributed by atoms with Crippen LogP contribution in [0.15, 0.2) is 18.2 Å². The first kappa shape index (κ1) is 17.5. The second kappa shape index (κ2) is 10.3. The Morgan fingerprint density at radius 3 is 2.43 bits per heavy atom. The second-order valence-corrected chi connectivity index (χ2v) is 5.26. The van der Waals surface area contributed by atoms with E-state index in [2.05, 4.69) is 26.8 Å². The van der Waals surface area contributed by atoms with E-state index in [9.17, 15) is 4.79 Å². The van der Waals surface area contributed by atoms with Gasteiger partial charge in [-0.25, -0.2) is 4.79 Å². The van der Waals surface area contributed by atoms with Crippen LogP contribution in [0, 0.1) is 0 Å². The van der Waals surface area contributed by atoms with E-state index in [1.54, 1.807) is 0 Å². The van der Waals surface area contributed by atoms with Crippen molar-refractivity contribution in [3.05, 3.63) is 29.3 Å². The molecule has 0 heterocycles. The lowest BCUT2D eigenvalue weighted by Gasteiger charge is -2.10. The average Bonchev–Trinajstić information content (AvgIpc) is 2.51. The van der Waals surface area contributed by atoms with Gasteiger partial charge in [-0.3, -0.25) is 0 Å². The number of aryl methyl sites for hydroxylation is 2. The van der Waals surface area contributed by atoms with Gasteiger partial charge in [0, 0.05) is 0 Å². The lowest BCUT2D eigenvalue weighted by Crippen LogP contribution is -2.12. The molecule has 0 amide bonds. The van der Waals surface area contributed by atoms with E-state index < -0.39 is 6.16 Å². The fraction of sp³-hybridized carbons (Fsp3) is 0.611. The van der Waals surface area contributed by atoms with E-state index in [1.807, 2.05) is 12.1 Å². The molecule has 0 aliphatic heterocycles. The van der Waals surface area contributed by atoms with Gasteiger partial charge in [-0.15, -0.1) is 0 Å². The molecular formula is C18H28O3. The quantitative estimate of drug-likeness (QED) is 0.352. The molecule has 0 bridgehead atoms. The maximum absolute atomic E-state index is 11.7. The zero-order chi connectivity index (χ0) is 15.5. The van der Waals surface area contributed by atoms with Crippen LogP contribution in [0.25, 0.3) is 0 Å². The molecule has 1 rings (SSSR count). The highest BCUT2D eigenvalue weighted by Crippen LogP contribution is 2.21. The molecule has 0 aliphatic rings. The third-order valence-electron chi connectivity index (χ3n) is 3.58. The summed E-state index contributed by atoms with van der Waals surface area (Å²) in [5, 5.41) is 0. The van der Waals surface area contributed by atoms with Gasteiger partial charge in [0.25, 0.3) is 0 Å². The number of hydrogen-bond acceptors (Lipinski definition) is 3. The Labute approximate surface area is 128 Å². The highest BCUT2D eigenvalue weighted by Gasteiger charge is 2.10. The van der Waals surface area contributed by atoms with Crippen molar-refractivity contribution in [2.75, 3.05) is 6.61 Å². The van der Waals surface area contributed by atoms with Crippen molar-refractivity contribution in [1.82, 2.24) is 0 Å². The molecule has 0 unspecified atom stereocenters. The monoisotopic (exact) mass is 292 g/mol. The van der Waals surface area contributed by atoms with Crippen LogP contribution in [-0.2, 0) is 17.6 Å². The van der Waals surface area contributed by atoms with E-state index >= 15 is 0 Å². The predicted octanol–water partition coefficient (Wildman–Crippen LogP) is 5.30. The number of ether oxygens (including phenoxy) is 2. The van der Waals surface area contributed by atoms with E-state index in [0.717, 1.165) is 31.2 Å². The Morgan fingerprint density at radius 2 is 1.76 bits per heavy atom. The maximum atomic E-state index is 11.7. The van der Waals surface area contributed by atoms with Crippen molar-refractivity contribution in [1.29, 1.82) is 0 Å². The zero-order valence-corrected chi connectivity index (χ0v) is 13.6. The summed E-state index contributed by atoms with van der Waals surface area (Å²) in [6.45, 7) is 6.79. The topological polar surface area (TPSA) is 35.5 Å². The number of unbranched alkanes of at least 4 members (excludes halogenated alkanes) is 4. The summed E-state index contributed by atoms with van der Waals surface area (Å²) in [6.07, 6.45) is 6.90. The normalized spacial score (nSPS) is 10.4. The van der Waals surface area contributed by atoms with Crippen molar-refractivity contribution in [3.63, 3.8) is 0 Å². The van der Waals surface area contributed by atoms with Crippen molar-refractivity contribution in [2.45, 2.75) is 65.7 Å². The lowest BCUT2D eigenvalue weighted by molar-refractivity contribution is 0.0969. The van der Waals surface area contributed by atoms with Crippen molar-refractivity contribution in [3.8, 4) is 5.75 Å². The van der Waals surface area contributed by atoms with E-state index in [1.165, 1.54) is 24.8 Å². The molecule has 0 saturated heterocycles. The summed E-state index contributed by atoms with van der Waals surface area (Å²) in [6, 6.07) is 5.94. The Bertz CT molecular complexity index is 426. The maximum Gasteiger partial charge on any atom is 0.513 e. The molecule has 0 radical (unpaired) electrons. The predicted molar refractivity (Wildman–Crippen MR) is 85.9 cm³/mol. The fourth-order valence-corrected chi connectivity index (χ4v) is 2.21. The Kier molecular flexibility index (Phi) is 8.56. The highest BCUT2D eigenvalue weighted by molar-refractivity contribution is 5.64. The average molecular weight is 292 g/mol. The number of carbonyl (C=O) groups excluding carboxylic acids is 1. The second-order valence-electron chi connectivity index (χ2n) is 5.26. The Hall–Kier alpha value is -1.51. The minimum absolute atomic E-state index is 0.442. The first-order chi connectivity index (χ1) is 10.2. The van der Waals surface area contributed by atoms with Crippen LogP contribution >= 0.6 is 0 Å². The van der Waals surface area contributed by atoms with Gasteiger partial charge in [-0.05, 0) is 36.5 Å². The van der Waals surface area contributed by atoms with Gasteiger partial charge in [-0.2, -0.15) is 0 Å². The minimum atomic E-state index is -0.593.